The summed E-state index contributed by atoms with van der Waals surface area (Å²) in [6.07, 6.45) is 3.16. The lowest BCUT2D eigenvalue weighted by Crippen LogP contribution is -2.07. The molecule has 2 rings (SSSR count). The van der Waals surface area contributed by atoms with Crippen LogP contribution in [0.3, 0.4) is 0 Å². The van der Waals surface area contributed by atoms with Gasteiger partial charge in [-0.1, -0.05) is 64.0 Å². The van der Waals surface area contributed by atoms with E-state index in [9.17, 15) is 4.79 Å². The van der Waals surface area contributed by atoms with Crippen LogP contribution in [0, 0.1) is 0 Å². The van der Waals surface area contributed by atoms with E-state index in [1.807, 2.05) is 24.3 Å². The van der Waals surface area contributed by atoms with E-state index in [0.717, 1.165) is 15.7 Å². The molecule has 0 aliphatic heterocycles. The van der Waals surface area contributed by atoms with E-state index >= 15 is 0 Å². The number of carbonyl (C=O) groups excluding carboxylic acids is 1. The average Bonchev–Trinajstić information content (AvgIpc) is 2.49. The van der Waals surface area contributed by atoms with E-state index in [-0.39, 0.29) is 5.91 Å². The van der Waals surface area contributed by atoms with Gasteiger partial charge in [-0.15, -0.1) is 0 Å². The highest BCUT2D eigenvalue weighted by Crippen LogP contribution is 2.23. The van der Waals surface area contributed by atoms with Crippen LogP contribution in [0.5, 0.6) is 0 Å². The number of rotatable bonds is 4. The molecule has 0 saturated carbocycles. The van der Waals surface area contributed by atoms with Crippen LogP contribution in [0.4, 0.5) is 5.69 Å². The first-order valence-electron chi connectivity index (χ1n) is 6.17. The second-order valence-corrected chi connectivity index (χ2v) is 5.90. The Kier molecular flexibility index (Phi) is 6.08. The molecule has 0 radical (unpaired) electrons. The van der Waals surface area contributed by atoms with Gasteiger partial charge in [-0.25, -0.2) is 0 Å². The van der Waals surface area contributed by atoms with Gasteiger partial charge in [-0.3, -0.25) is 4.79 Å². The van der Waals surface area contributed by atoms with Gasteiger partial charge in [-0.05, 0) is 41.5 Å². The molecule has 0 atom stereocenters. The maximum absolute atomic E-state index is 11.8. The standard InChI is InChI=1S/C16H12Cl2INO/c17-14-7-3-11(9-15(14)18)4-8-16(21)20-13-5-1-12(10-19)2-6-13/h1-9H,10H2,(H,20,21)/b8-4+. The largest absolute Gasteiger partial charge is 0.323 e. The van der Waals surface area contributed by atoms with Crippen LogP contribution in [-0.2, 0) is 9.22 Å². The Bertz CT molecular complexity index is 668. The van der Waals surface area contributed by atoms with Crippen LogP contribution in [0.15, 0.2) is 48.5 Å². The topological polar surface area (TPSA) is 29.1 Å². The predicted octanol–water partition coefficient (Wildman–Crippen LogP) is 5.58. The number of amides is 1. The summed E-state index contributed by atoms with van der Waals surface area (Å²) in [5, 5.41) is 3.76. The van der Waals surface area contributed by atoms with Crippen molar-refractivity contribution in [3.8, 4) is 0 Å². The highest BCUT2D eigenvalue weighted by atomic mass is 127. The number of benzene rings is 2. The van der Waals surface area contributed by atoms with E-state index in [1.54, 1.807) is 24.3 Å². The first-order chi connectivity index (χ1) is 10.1. The zero-order valence-electron chi connectivity index (χ0n) is 10.9. The molecule has 2 aromatic rings. The lowest BCUT2D eigenvalue weighted by Gasteiger charge is -2.03. The monoisotopic (exact) mass is 431 g/mol. The summed E-state index contributed by atoms with van der Waals surface area (Å²) in [4.78, 5) is 11.8. The number of hydrogen-bond donors (Lipinski definition) is 1. The number of nitrogens with one attached hydrogen (secondary N) is 1. The van der Waals surface area contributed by atoms with Crippen LogP contribution in [-0.4, -0.2) is 5.91 Å². The lowest BCUT2D eigenvalue weighted by molar-refractivity contribution is -0.111. The normalized spacial score (nSPS) is 10.8. The quantitative estimate of drug-likeness (QED) is 0.382. The van der Waals surface area contributed by atoms with Gasteiger partial charge in [0.1, 0.15) is 0 Å². The van der Waals surface area contributed by atoms with Crippen molar-refractivity contribution >= 4 is 63.5 Å². The Morgan fingerprint density at radius 3 is 2.43 bits per heavy atom. The van der Waals surface area contributed by atoms with Crippen molar-refractivity contribution in [3.05, 3.63) is 69.7 Å². The van der Waals surface area contributed by atoms with Gasteiger partial charge in [0, 0.05) is 16.2 Å². The Balaban J connectivity index is 1.99. The van der Waals surface area contributed by atoms with Crippen LogP contribution >= 0.6 is 45.8 Å². The van der Waals surface area contributed by atoms with Crippen LogP contribution in [0.25, 0.3) is 6.08 Å². The summed E-state index contributed by atoms with van der Waals surface area (Å²) in [6.45, 7) is 0. The van der Waals surface area contributed by atoms with Crippen molar-refractivity contribution in [2.24, 2.45) is 0 Å². The molecule has 2 nitrogen and oxygen atoms in total. The van der Waals surface area contributed by atoms with Crippen LogP contribution in [0.1, 0.15) is 11.1 Å². The first kappa shape index (κ1) is 16.3. The molecule has 0 aliphatic rings. The molecule has 21 heavy (non-hydrogen) atoms. The van der Waals surface area contributed by atoms with Crippen LogP contribution < -0.4 is 5.32 Å². The van der Waals surface area contributed by atoms with Gasteiger partial charge in [0.2, 0.25) is 5.91 Å². The van der Waals surface area contributed by atoms with Crippen molar-refractivity contribution in [1.82, 2.24) is 0 Å². The summed E-state index contributed by atoms with van der Waals surface area (Å²) in [5.74, 6) is -0.191. The van der Waals surface area contributed by atoms with Crippen molar-refractivity contribution in [2.75, 3.05) is 5.32 Å². The summed E-state index contributed by atoms with van der Waals surface area (Å²) in [7, 11) is 0. The molecular formula is C16H12Cl2INO. The SMILES string of the molecule is O=C(/C=C/c1ccc(Cl)c(Cl)c1)Nc1ccc(CI)cc1. The Labute approximate surface area is 147 Å². The molecule has 0 aromatic heterocycles. The number of hydrogen-bond acceptors (Lipinski definition) is 1. The van der Waals surface area contributed by atoms with E-state index in [1.165, 1.54) is 11.6 Å². The molecule has 108 valence electrons. The minimum Gasteiger partial charge on any atom is -0.323 e. The van der Waals surface area contributed by atoms with Gasteiger partial charge in [0.25, 0.3) is 0 Å². The lowest BCUT2D eigenvalue weighted by atomic mass is 10.2. The molecular weight excluding hydrogens is 420 g/mol. The zero-order valence-corrected chi connectivity index (χ0v) is 14.6. The summed E-state index contributed by atoms with van der Waals surface area (Å²) >= 11 is 14.1. The fraction of sp³-hybridized carbons (Fsp3) is 0.0625. The summed E-state index contributed by atoms with van der Waals surface area (Å²) in [6, 6.07) is 13.0. The Morgan fingerprint density at radius 2 is 1.81 bits per heavy atom. The molecule has 0 saturated heterocycles. The number of anilines is 1. The van der Waals surface area contributed by atoms with Crippen LogP contribution in [0.2, 0.25) is 10.0 Å². The van der Waals surface area contributed by atoms with Gasteiger partial charge >= 0.3 is 0 Å². The highest BCUT2D eigenvalue weighted by Gasteiger charge is 2.00. The first-order valence-corrected chi connectivity index (χ1v) is 8.45. The molecule has 1 N–H and O–H groups in total. The third-order valence-electron chi connectivity index (χ3n) is 2.75. The van der Waals surface area contributed by atoms with E-state index in [0.29, 0.717) is 10.0 Å². The smallest absolute Gasteiger partial charge is 0.248 e. The van der Waals surface area contributed by atoms with Crippen molar-refractivity contribution < 1.29 is 4.79 Å². The van der Waals surface area contributed by atoms with E-state index in [4.69, 9.17) is 23.2 Å². The molecule has 0 spiro atoms. The predicted molar refractivity (Wildman–Crippen MR) is 98.3 cm³/mol. The van der Waals surface area contributed by atoms with Crippen molar-refractivity contribution in [2.45, 2.75) is 4.43 Å². The van der Waals surface area contributed by atoms with Gasteiger partial charge in [0.15, 0.2) is 0 Å². The molecule has 0 unspecified atom stereocenters. The number of alkyl halides is 1. The van der Waals surface area contributed by atoms with Crippen molar-refractivity contribution in [3.63, 3.8) is 0 Å². The van der Waals surface area contributed by atoms with Gasteiger partial charge in [0.05, 0.1) is 10.0 Å². The van der Waals surface area contributed by atoms with Crippen molar-refractivity contribution in [1.29, 1.82) is 0 Å². The molecule has 1 amide bonds. The number of carbonyl (C=O) groups is 1. The van der Waals surface area contributed by atoms with E-state index < -0.39 is 0 Å². The third-order valence-corrected chi connectivity index (χ3v) is 4.37. The summed E-state index contributed by atoms with van der Waals surface area (Å²) < 4.78 is 0.948. The fourth-order valence-electron chi connectivity index (χ4n) is 1.65. The molecule has 5 heteroatoms. The third kappa shape index (κ3) is 5.02. The fourth-order valence-corrected chi connectivity index (χ4v) is 2.46. The molecule has 0 aliphatic carbocycles. The maximum Gasteiger partial charge on any atom is 0.248 e. The summed E-state index contributed by atoms with van der Waals surface area (Å²) in [5.41, 5.74) is 2.81. The average molecular weight is 432 g/mol. The minimum atomic E-state index is -0.191. The second-order valence-electron chi connectivity index (χ2n) is 4.33. The molecule has 2 aromatic carbocycles. The van der Waals surface area contributed by atoms with Gasteiger partial charge in [-0.2, -0.15) is 0 Å². The number of halogens is 3. The minimum absolute atomic E-state index is 0.191. The Morgan fingerprint density at radius 1 is 1.10 bits per heavy atom. The molecule has 0 heterocycles. The maximum atomic E-state index is 11.8. The van der Waals surface area contributed by atoms with Gasteiger partial charge < -0.3 is 5.32 Å². The highest BCUT2D eigenvalue weighted by molar-refractivity contribution is 14.1. The molecule has 0 bridgehead atoms. The Hall–Kier alpha value is -1.04. The molecule has 0 fully saturated rings. The second kappa shape index (κ2) is 7.82. The zero-order chi connectivity index (χ0) is 15.2. The van der Waals surface area contributed by atoms with E-state index in [2.05, 4.69) is 27.9 Å².